The molecule has 2 rings (SSSR count). The fourth-order valence-corrected chi connectivity index (χ4v) is 3.20. The Kier molecular flexibility index (Phi) is 4.52. The minimum atomic E-state index is -0.427. The lowest BCUT2D eigenvalue weighted by atomic mass is 9.94. The van der Waals surface area contributed by atoms with E-state index >= 15 is 0 Å². The lowest BCUT2D eigenvalue weighted by molar-refractivity contribution is -0.384. The third-order valence-corrected chi connectivity index (χ3v) is 4.75. The zero-order valence-corrected chi connectivity index (χ0v) is 11.8. The first kappa shape index (κ1) is 14.0. The molecule has 6 heteroatoms. The second kappa shape index (κ2) is 6.14. The average molecular weight is 281 g/mol. The molecule has 1 saturated carbocycles. The van der Waals surface area contributed by atoms with Gasteiger partial charge in [0.05, 0.1) is 16.3 Å². The molecule has 0 saturated heterocycles. The summed E-state index contributed by atoms with van der Waals surface area (Å²) in [6, 6.07) is 5.03. The molecule has 19 heavy (non-hydrogen) atoms. The smallest absolute Gasteiger partial charge is 0.271 e. The Morgan fingerprint density at radius 1 is 1.37 bits per heavy atom. The summed E-state index contributed by atoms with van der Waals surface area (Å²) in [5.41, 5.74) is 7.14. The van der Waals surface area contributed by atoms with Crippen LogP contribution in [0.25, 0.3) is 0 Å². The quantitative estimate of drug-likeness (QED) is 0.503. The topological polar surface area (TPSA) is 81.2 Å². The highest BCUT2D eigenvalue weighted by Gasteiger charge is 2.21. The van der Waals surface area contributed by atoms with Crippen LogP contribution in [0.3, 0.4) is 0 Å². The summed E-state index contributed by atoms with van der Waals surface area (Å²) < 4.78 is 0. The second-order valence-electron chi connectivity index (χ2n) is 4.88. The van der Waals surface area contributed by atoms with E-state index in [2.05, 4.69) is 11.6 Å². The molecule has 5 nitrogen and oxygen atoms in total. The van der Waals surface area contributed by atoms with Gasteiger partial charge in [-0.05, 0) is 38.0 Å². The Morgan fingerprint density at radius 3 is 2.58 bits per heavy atom. The van der Waals surface area contributed by atoms with Gasteiger partial charge in [-0.25, -0.2) is 0 Å². The highest BCUT2D eigenvalue weighted by atomic mass is 32.2. The fraction of sp³-hybridized carbons (Fsp3) is 0.538. The van der Waals surface area contributed by atoms with Crippen LogP contribution in [0.5, 0.6) is 0 Å². The van der Waals surface area contributed by atoms with Gasteiger partial charge in [0.15, 0.2) is 0 Å². The van der Waals surface area contributed by atoms with E-state index in [-0.39, 0.29) is 5.69 Å². The summed E-state index contributed by atoms with van der Waals surface area (Å²) in [5.74, 6) is 0. The van der Waals surface area contributed by atoms with Gasteiger partial charge in [-0.2, -0.15) is 11.8 Å². The summed E-state index contributed by atoms with van der Waals surface area (Å²) in [5, 5.41) is 14.8. The third-order valence-electron chi connectivity index (χ3n) is 3.61. The Hall–Kier alpha value is -1.43. The summed E-state index contributed by atoms with van der Waals surface area (Å²) in [6.07, 6.45) is 6.84. The van der Waals surface area contributed by atoms with Crippen molar-refractivity contribution in [2.45, 2.75) is 37.0 Å². The van der Waals surface area contributed by atoms with Crippen LogP contribution in [0.4, 0.5) is 17.1 Å². The molecule has 0 aromatic heterocycles. The van der Waals surface area contributed by atoms with Gasteiger partial charge in [-0.15, -0.1) is 0 Å². The van der Waals surface area contributed by atoms with Gasteiger partial charge in [-0.1, -0.05) is 0 Å². The fourth-order valence-electron chi connectivity index (χ4n) is 2.46. The normalized spacial score (nSPS) is 23.0. The molecule has 0 bridgehead atoms. The number of benzene rings is 1. The van der Waals surface area contributed by atoms with E-state index in [0.717, 1.165) is 23.8 Å². The number of nitrogens with one attached hydrogen (secondary N) is 1. The van der Waals surface area contributed by atoms with Crippen LogP contribution < -0.4 is 11.1 Å². The number of nitrogens with two attached hydrogens (primary N) is 1. The van der Waals surface area contributed by atoms with Crippen molar-refractivity contribution in [2.75, 3.05) is 17.3 Å². The summed E-state index contributed by atoms with van der Waals surface area (Å²) >= 11 is 1.93. The van der Waals surface area contributed by atoms with E-state index in [0.29, 0.717) is 11.7 Å². The monoisotopic (exact) mass is 281 g/mol. The Labute approximate surface area is 117 Å². The number of nitro benzene ring substituents is 1. The number of hydrogen-bond donors (Lipinski definition) is 2. The number of nitrogen functional groups attached to an aromatic ring is 1. The van der Waals surface area contributed by atoms with Crippen molar-refractivity contribution in [3.05, 3.63) is 28.3 Å². The molecule has 0 spiro atoms. The molecule has 1 aromatic carbocycles. The van der Waals surface area contributed by atoms with Gasteiger partial charge in [0.1, 0.15) is 0 Å². The zero-order chi connectivity index (χ0) is 13.8. The molecule has 0 radical (unpaired) electrons. The van der Waals surface area contributed by atoms with E-state index < -0.39 is 4.92 Å². The van der Waals surface area contributed by atoms with Crippen LogP contribution in [-0.2, 0) is 0 Å². The second-order valence-corrected chi connectivity index (χ2v) is 6.02. The highest BCUT2D eigenvalue weighted by Crippen LogP contribution is 2.31. The van der Waals surface area contributed by atoms with Crippen LogP contribution in [0.15, 0.2) is 18.2 Å². The molecule has 0 amide bonds. The Balaban J connectivity index is 1.98. The highest BCUT2D eigenvalue weighted by molar-refractivity contribution is 7.99. The van der Waals surface area contributed by atoms with Crippen molar-refractivity contribution in [1.82, 2.24) is 0 Å². The van der Waals surface area contributed by atoms with Crippen molar-refractivity contribution in [1.29, 1.82) is 0 Å². The number of hydrogen-bond acceptors (Lipinski definition) is 5. The Bertz CT molecular complexity index is 459. The number of nitrogens with zero attached hydrogens (tertiary/aromatic N) is 1. The molecular formula is C13H19N3O2S. The molecule has 0 heterocycles. The maximum absolute atomic E-state index is 10.7. The first-order valence-corrected chi connectivity index (χ1v) is 7.72. The van der Waals surface area contributed by atoms with Crippen molar-refractivity contribution in [2.24, 2.45) is 0 Å². The molecule has 0 atom stereocenters. The van der Waals surface area contributed by atoms with Crippen LogP contribution in [-0.4, -0.2) is 22.5 Å². The van der Waals surface area contributed by atoms with E-state index in [4.69, 9.17) is 5.73 Å². The average Bonchev–Trinajstić information content (AvgIpc) is 2.41. The predicted molar refractivity (Wildman–Crippen MR) is 80.7 cm³/mol. The SMILES string of the molecule is CSC1CCC(Nc2ccc([N+](=O)[O-])cc2N)CC1. The molecule has 104 valence electrons. The maximum Gasteiger partial charge on any atom is 0.271 e. The summed E-state index contributed by atoms with van der Waals surface area (Å²) in [7, 11) is 0. The largest absolute Gasteiger partial charge is 0.397 e. The molecule has 1 aliphatic rings. The van der Waals surface area contributed by atoms with Crippen molar-refractivity contribution in [3.63, 3.8) is 0 Å². The lowest BCUT2D eigenvalue weighted by Gasteiger charge is -2.29. The summed E-state index contributed by atoms with van der Waals surface area (Å²) in [4.78, 5) is 10.2. The molecule has 0 aliphatic heterocycles. The lowest BCUT2D eigenvalue weighted by Crippen LogP contribution is -2.27. The minimum absolute atomic E-state index is 0.0362. The maximum atomic E-state index is 10.7. The van der Waals surface area contributed by atoms with Crippen molar-refractivity contribution in [3.8, 4) is 0 Å². The first-order valence-electron chi connectivity index (χ1n) is 6.43. The van der Waals surface area contributed by atoms with E-state index in [1.807, 2.05) is 11.8 Å². The van der Waals surface area contributed by atoms with Crippen molar-refractivity contribution >= 4 is 28.8 Å². The van der Waals surface area contributed by atoms with Gasteiger partial charge in [-0.3, -0.25) is 10.1 Å². The third kappa shape index (κ3) is 3.53. The predicted octanol–water partition coefficient (Wildman–Crippen LogP) is 3.26. The molecule has 1 aliphatic carbocycles. The number of thioether (sulfide) groups is 1. The van der Waals surface area contributed by atoms with Crippen molar-refractivity contribution < 1.29 is 4.92 Å². The number of nitro groups is 1. The van der Waals surface area contributed by atoms with E-state index in [9.17, 15) is 10.1 Å². The number of rotatable bonds is 4. The van der Waals surface area contributed by atoms with Gasteiger partial charge in [0.2, 0.25) is 0 Å². The van der Waals surface area contributed by atoms with Crippen LogP contribution in [0.2, 0.25) is 0 Å². The van der Waals surface area contributed by atoms with E-state index in [1.54, 1.807) is 6.07 Å². The minimum Gasteiger partial charge on any atom is -0.397 e. The van der Waals surface area contributed by atoms with Gasteiger partial charge < -0.3 is 11.1 Å². The number of non-ortho nitro benzene ring substituents is 1. The Morgan fingerprint density at radius 2 is 2.05 bits per heavy atom. The van der Waals surface area contributed by atoms with Gasteiger partial charge in [0, 0.05) is 23.4 Å². The van der Waals surface area contributed by atoms with Crippen LogP contribution in [0, 0.1) is 10.1 Å². The molecular weight excluding hydrogens is 262 g/mol. The first-order chi connectivity index (χ1) is 9.10. The summed E-state index contributed by atoms with van der Waals surface area (Å²) in [6.45, 7) is 0. The van der Waals surface area contributed by atoms with Gasteiger partial charge >= 0.3 is 0 Å². The molecule has 1 aromatic rings. The standard InChI is InChI=1S/C13H19N3O2S/c1-19-11-5-2-9(3-6-11)15-13-7-4-10(16(17)18)8-12(13)14/h4,7-9,11,15H,2-3,5-6,14H2,1H3. The molecule has 1 fully saturated rings. The zero-order valence-electron chi connectivity index (χ0n) is 11.0. The molecule has 3 N–H and O–H groups in total. The van der Waals surface area contributed by atoms with E-state index in [1.165, 1.54) is 25.0 Å². The molecule has 0 unspecified atom stereocenters. The van der Waals surface area contributed by atoms with Crippen LogP contribution >= 0.6 is 11.8 Å². The number of anilines is 2. The van der Waals surface area contributed by atoms with Crippen LogP contribution in [0.1, 0.15) is 25.7 Å². The van der Waals surface area contributed by atoms with Gasteiger partial charge in [0.25, 0.3) is 5.69 Å².